The molecule has 0 fully saturated rings. The van der Waals surface area contributed by atoms with E-state index in [1.165, 1.54) is 0 Å². The number of rotatable bonds is 8. The first-order valence-corrected chi connectivity index (χ1v) is 6.57. The minimum absolute atomic E-state index is 0.115. The molecule has 0 saturated carbocycles. The zero-order valence-electron chi connectivity index (χ0n) is 11.3. The molecule has 1 amide bonds. The van der Waals surface area contributed by atoms with Crippen LogP contribution in [-0.4, -0.2) is 18.5 Å². The predicted octanol–water partition coefficient (Wildman–Crippen LogP) is 2.30. The fourth-order valence-electron chi connectivity index (χ4n) is 1.90. The Hall–Kier alpha value is -0.570. The van der Waals surface area contributed by atoms with E-state index in [1.807, 2.05) is 0 Å². The Morgan fingerprint density at radius 1 is 1.19 bits per heavy atom. The van der Waals surface area contributed by atoms with Crippen LogP contribution in [-0.2, 0) is 4.79 Å². The van der Waals surface area contributed by atoms with Gasteiger partial charge in [-0.15, -0.1) is 0 Å². The van der Waals surface area contributed by atoms with E-state index in [9.17, 15) is 4.79 Å². The molecule has 96 valence electrons. The number of carbonyl (C=O) groups excluding carboxylic acids is 1. The number of nitrogens with two attached hydrogens (primary N) is 1. The van der Waals surface area contributed by atoms with Gasteiger partial charge < -0.3 is 11.1 Å². The van der Waals surface area contributed by atoms with Crippen molar-refractivity contribution in [1.29, 1.82) is 0 Å². The summed E-state index contributed by atoms with van der Waals surface area (Å²) >= 11 is 0. The maximum Gasteiger partial charge on any atom is 0.223 e. The van der Waals surface area contributed by atoms with Crippen LogP contribution < -0.4 is 11.1 Å². The van der Waals surface area contributed by atoms with E-state index in [-0.39, 0.29) is 17.9 Å². The van der Waals surface area contributed by atoms with Crippen LogP contribution >= 0.6 is 0 Å². The Kier molecular flexibility index (Phi) is 8.26. The standard InChI is InChI=1S/C13H28N2O/c1-5-7-11(8-6-2)13(16)15-12(9-14)10(3)4/h10-12H,5-9,14H2,1-4H3,(H,15,16). The van der Waals surface area contributed by atoms with Crippen molar-refractivity contribution >= 4 is 5.91 Å². The van der Waals surface area contributed by atoms with Gasteiger partial charge in [-0.1, -0.05) is 40.5 Å². The topological polar surface area (TPSA) is 55.1 Å². The summed E-state index contributed by atoms with van der Waals surface area (Å²) in [5.41, 5.74) is 5.66. The number of hydrogen-bond acceptors (Lipinski definition) is 2. The largest absolute Gasteiger partial charge is 0.352 e. The van der Waals surface area contributed by atoms with Gasteiger partial charge in [0.05, 0.1) is 0 Å². The summed E-state index contributed by atoms with van der Waals surface area (Å²) < 4.78 is 0. The molecule has 0 aromatic carbocycles. The van der Waals surface area contributed by atoms with Crippen molar-refractivity contribution in [1.82, 2.24) is 5.32 Å². The van der Waals surface area contributed by atoms with Crippen molar-refractivity contribution < 1.29 is 4.79 Å². The fourth-order valence-corrected chi connectivity index (χ4v) is 1.90. The highest BCUT2D eigenvalue weighted by Crippen LogP contribution is 2.14. The van der Waals surface area contributed by atoms with Gasteiger partial charge in [0.2, 0.25) is 5.91 Å². The molecule has 0 aliphatic rings. The lowest BCUT2D eigenvalue weighted by Crippen LogP contribution is -2.46. The van der Waals surface area contributed by atoms with E-state index in [2.05, 4.69) is 33.0 Å². The molecule has 3 N–H and O–H groups in total. The molecule has 16 heavy (non-hydrogen) atoms. The van der Waals surface area contributed by atoms with Crippen LogP contribution in [0.25, 0.3) is 0 Å². The average Bonchev–Trinajstić information content (AvgIpc) is 2.24. The second-order valence-corrected chi connectivity index (χ2v) is 4.87. The summed E-state index contributed by atoms with van der Waals surface area (Å²) in [7, 11) is 0. The van der Waals surface area contributed by atoms with Gasteiger partial charge in [-0.05, 0) is 18.8 Å². The summed E-state index contributed by atoms with van der Waals surface area (Å²) in [6.07, 6.45) is 4.09. The monoisotopic (exact) mass is 228 g/mol. The highest BCUT2D eigenvalue weighted by Gasteiger charge is 2.20. The van der Waals surface area contributed by atoms with Crippen LogP contribution in [0.15, 0.2) is 0 Å². The minimum Gasteiger partial charge on any atom is -0.352 e. The molecule has 0 bridgehead atoms. The number of amides is 1. The van der Waals surface area contributed by atoms with Gasteiger partial charge in [0.15, 0.2) is 0 Å². The lowest BCUT2D eigenvalue weighted by molar-refractivity contribution is -0.126. The average molecular weight is 228 g/mol. The third kappa shape index (κ3) is 5.50. The molecular weight excluding hydrogens is 200 g/mol. The van der Waals surface area contributed by atoms with Crippen LogP contribution in [0.4, 0.5) is 0 Å². The Morgan fingerprint density at radius 2 is 1.69 bits per heavy atom. The van der Waals surface area contributed by atoms with Gasteiger partial charge in [0, 0.05) is 18.5 Å². The Labute approximate surface area is 100 Å². The molecule has 0 aliphatic carbocycles. The molecule has 1 atom stereocenters. The molecule has 0 radical (unpaired) electrons. The summed E-state index contributed by atoms with van der Waals surface area (Å²) in [4.78, 5) is 12.0. The van der Waals surface area contributed by atoms with Gasteiger partial charge in [-0.25, -0.2) is 0 Å². The van der Waals surface area contributed by atoms with Crippen molar-refractivity contribution in [3.8, 4) is 0 Å². The van der Waals surface area contributed by atoms with E-state index < -0.39 is 0 Å². The van der Waals surface area contributed by atoms with Crippen LogP contribution in [0, 0.1) is 11.8 Å². The molecule has 0 spiro atoms. The van der Waals surface area contributed by atoms with E-state index in [0.29, 0.717) is 12.5 Å². The highest BCUT2D eigenvalue weighted by atomic mass is 16.1. The molecule has 0 rings (SSSR count). The van der Waals surface area contributed by atoms with Crippen molar-refractivity contribution in [3.05, 3.63) is 0 Å². The molecule has 0 aromatic rings. The normalized spacial score (nSPS) is 13.2. The minimum atomic E-state index is 0.115. The van der Waals surface area contributed by atoms with Crippen molar-refractivity contribution in [2.75, 3.05) is 6.54 Å². The predicted molar refractivity (Wildman–Crippen MR) is 69.1 cm³/mol. The first-order valence-electron chi connectivity index (χ1n) is 6.57. The van der Waals surface area contributed by atoms with Crippen molar-refractivity contribution in [3.63, 3.8) is 0 Å². The molecule has 1 unspecified atom stereocenters. The first-order chi connectivity index (χ1) is 7.56. The maximum absolute atomic E-state index is 12.0. The third-order valence-corrected chi connectivity index (χ3v) is 3.03. The van der Waals surface area contributed by atoms with E-state index in [0.717, 1.165) is 25.7 Å². The van der Waals surface area contributed by atoms with Crippen LogP contribution in [0.3, 0.4) is 0 Å². The summed E-state index contributed by atoms with van der Waals surface area (Å²) in [5.74, 6) is 0.758. The van der Waals surface area contributed by atoms with Crippen LogP contribution in [0.1, 0.15) is 53.4 Å². The van der Waals surface area contributed by atoms with Gasteiger partial charge in [0.1, 0.15) is 0 Å². The van der Waals surface area contributed by atoms with Gasteiger partial charge >= 0.3 is 0 Å². The zero-order valence-corrected chi connectivity index (χ0v) is 11.3. The molecular formula is C13H28N2O. The third-order valence-electron chi connectivity index (χ3n) is 3.03. The Bertz CT molecular complexity index is 186. The highest BCUT2D eigenvalue weighted by molar-refractivity contribution is 5.78. The van der Waals surface area contributed by atoms with E-state index in [4.69, 9.17) is 5.73 Å². The molecule has 0 aliphatic heterocycles. The summed E-state index contributed by atoms with van der Waals surface area (Å²) in [5, 5.41) is 3.07. The van der Waals surface area contributed by atoms with Gasteiger partial charge in [0.25, 0.3) is 0 Å². The van der Waals surface area contributed by atoms with Gasteiger partial charge in [-0.3, -0.25) is 4.79 Å². The number of hydrogen-bond donors (Lipinski definition) is 2. The molecule has 3 nitrogen and oxygen atoms in total. The molecule has 0 saturated heterocycles. The zero-order chi connectivity index (χ0) is 12.6. The van der Waals surface area contributed by atoms with E-state index >= 15 is 0 Å². The Morgan fingerprint density at radius 3 is 2.00 bits per heavy atom. The lowest BCUT2D eigenvalue weighted by atomic mass is 9.96. The van der Waals surface area contributed by atoms with Crippen LogP contribution in [0.2, 0.25) is 0 Å². The van der Waals surface area contributed by atoms with Crippen molar-refractivity contribution in [2.24, 2.45) is 17.6 Å². The van der Waals surface area contributed by atoms with E-state index in [1.54, 1.807) is 0 Å². The van der Waals surface area contributed by atoms with Crippen LogP contribution in [0.5, 0.6) is 0 Å². The summed E-state index contributed by atoms with van der Waals surface area (Å²) in [6.45, 7) is 8.95. The molecule has 0 aromatic heterocycles. The molecule has 3 heteroatoms. The van der Waals surface area contributed by atoms with Crippen molar-refractivity contribution in [2.45, 2.75) is 59.4 Å². The smallest absolute Gasteiger partial charge is 0.223 e. The quantitative estimate of drug-likeness (QED) is 0.670. The summed E-state index contributed by atoms with van der Waals surface area (Å²) in [6, 6.07) is 0.115. The Balaban J connectivity index is 4.26. The second kappa shape index (κ2) is 8.57. The molecule has 0 heterocycles. The second-order valence-electron chi connectivity index (χ2n) is 4.87. The van der Waals surface area contributed by atoms with Gasteiger partial charge in [-0.2, -0.15) is 0 Å². The lowest BCUT2D eigenvalue weighted by Gasteiger charge is -2.24. The maximum atomic E-state index is 12.0. The number of nitrogens with one attached hydrogen (secondary N) is 1. The number of carbonyl (C=O) groups is 1. The fraction of sp³-hybridized carbons (Fsp3) is 0.923. The SMILES string of the molecule is CCCC(CCC)C(=O)NC(CN)C(C)C. The first kappa shape index (κ1) is 15.4.